The highest BCUT2D eigenvalue weighted by Crippen LogP contribution is 2.48. The summed E-state index contributed by atoms with van der Waals surface area (Å²) in [4.78, 5) is 16.6. The fraction of sp³-hybridized carbons (Fsp3) is 0.412. The van der Waals surface area contributed by atoms with Gasteiger partial charge in [0, 0.05) is 43.4 Å². The monoisotopic (exact) mass is 317 g/mol. The van der Waals surface area contributed by atoms with Crippen LogP contribution < -0.4 is 5.32 Å². The summed E-state index contributed by atoms with van der Waals surface area (Å²) in [7, 11) is 0. The Morgan fingerprint density at radius 3 is 3.04 bits per heavy atom. The quantitative estimate of drug-likeness (QED) is 0.945. The smallest absolute Gasteiger partial charge is 0.224 e. The second kappa shape index (κ2) is 5.44. The van der Waals surface area contributed by atoms with Crippen LogP contribution in [-0.2, 0) is 17.8 Å². The molecule has 1 N–H and O–H groups in total. The third-order valence-corrected chi connectivity index (χ3v) is 4.77. The fourth-order valence-corrected chi connectivity index (χ4v) is 3.42. The Morgan fingerprint density at radius 1 is 1.35 bits per heavy atom. The van der Waals surface area contributed by atoms with E-state index in [1.807, 2.05) is 6.20 Å². The summed E-state index contributed by atoms with van der Waals surface area (Å²) < 4.78 is 28.8. The van der Waals surface area contributed by atoms with Gasteiger partial charge in [0.1, 0.15) is 17.5 Å². The lowest BCUT2D eigenvalue weighted by atomic mass is 10.1. The number of carbonyl (C=O) groups is 1. The standard InChI is InChI=1S/C17H17F2N3O/c18-10-1-3-12(15(19)7-10)13-8-14(13)17(23)21-11-2-4-16-20-5-6-22(16)9-11/h1,3,5-7,11,13-14H,2,4,8-9H2,(H,21,23)/t11-,13+,14-/m1/s1. The van der Waals surface area contributed by atoms with Gasteiger partial charge < -0.3 is 9.88 Å². The highest BCUT2D eigenvalue weighted by atomic mass is 19.1. The number of amides is 1. The van der Waals surface area contributed by atoms with Gasteiger partial charge in [-0.1, -0.05) is 6.07 Å². The lowest BCUT2D eigenvalue weighted by Crippen LogP contribution is -2.41. The molecule has 4 nitrogen and oxygen atoms in total. The SMILES string of the molecule is O=C(N[C@@H]1CCc2nccn2C1)[C@@H]1C[C@H]1c1ccc(F)cc1F. The zero-order valence-electron chi connectivity index (χ0n) is 12.5. The highest BCUT2D eigenvalue weighted by Gasteiger charge is 2.45. The van der Waals surface area contributed by atoms with Crippen LogP contribution in [0.3, 0.4) is 0 Å². The molecule has 0 radical (unpaired) electrons. The summed E-state index contributed by atoms with van der Waals surface area (Å²) >= 11 is 0. The molecule has 1 saturated carbocycles. The lowest BCUT2D eigenvalue weighted by Gasteiger charge is -2.24. The summed E-state index contributed by atoms with van der Waals surface area (Å²) in [6.45, 7) is 0.726. The van der Waals surface area contributed by atoms with Crippen LogP contribution in [0, 0.1) is 17.6 Å². The first-order chi connectivity index (χ1) is 11.1. The Hall–Kier alpha value is -2.24. The molecule has 2 aromatic rings. The molecule has 6 heteroatoms. The molecule has 0 spiro atoms. The summed E-state index contributed by atoms with van der Waals surface area (Å²) in [5.74, 6) is -0.486. The van der Waals surface area contributed by atoms with Gasteiger partial charge in [0.2, 0.25) is 5.91 Å². The van der Waals surface area contributed by atoms with Crippen LogP contribution in [0.1, 0.15) is 30.1 Å². The van der Waals surface area contributed by atoms with E-state index in [9.17, 15) is 13.6 Å². The topological polar surface area (TPSA) is 46.9 Å². The first-order valence-electron chi connectivity index (χ1n) is 7.87. The molecule has 0 saturated heterocycles. The van der Waals surface area contributed by atoms with Crippen LogP contribution in [0.25, 0.3) is 0 Å². The molecular weight excluding hydrogens is 300 g/mol. The molecule has 23 heavy (non-hydrogen) atoms. The molecule has 2 heterocycles. The molecule has 120 valence electrons. The summed E-state index contributed by atoms with van der Waals surface area (Å²) in [5.41, 5.74) is 0.437. The highest BCUT2D eigenvalue weighted by molar-refractivity contribution is 5.83. The zero-order chi connectivity index (χ0) is 16.0. The number of nitrogens with one attached hydrogen (secondary N) is 1. The van der Waals surface area contributed by atoms with E-state index >= 15 is 0 Å². The minimum atomic E-state index is -0.591. The van der Waals surface area contributed by atoms with E-state index in [1.54, 1.807) is 6.20 Å². The summed E-state index contributed by atoms with van der Waals surface area (Å²) in [6.07, 6.45) is 6.02. The second-order valence-electron chi connectivity index (χ2n) is 6.35. The third-order valence-electron chi connectivity index (χ3n) is 4.77. The Morgan fingerprint density at radius 2 is 2.22 bits per heavy atom. The van der Waals surface area contributed by atoms with Crippen molar-refractivity contribution in [3.05, 3.63) is 53.6 Å². The number of fused-ring (bicyclic) bond motifs is 1. The Labute approximate surface area is 132 Å². The maximum Gasteiger partial charge on any atom is 0.224 e. The summed E-state index contributed by atoms with van der Waals surface area (Å²) in [5, 5.41) is 3.06. The second-order valence-corrected chi connectivity index (χ2v) is 6.35. The predicted molar refractivity (Wildman–Crippen MR) is 79.7 cm³/mol. The number of nitrogens with zero attached hydrogens (tertiary/aromatic N) is 2. The molecule has 1 aliphatic heterocycles. The maximum atomic E-state index is 13.8. The number of hydrogen-bond donors (Lipinski definition) is 1. The van der Waals surface area contributed by atoms with Gasteiger partial charge in [-0.05, 0) is 30.4 Å². The molecule has 1 aromatic carbocycles. The normalized spacial score (nSPS) is 25.7. The van der Waals surface area contributed by atoms with E-state index in [4.69, 9.17) is 0 Å². The van der Waals surface area contributed by atoms with Gasteiger partial charge in [0.05, 0.1) is 0 Å². The predicted octanol–water partition coefficient (Wildman–Crippen LogP) is 2.40. The Balaban J connectivity index is 1.38. The van der Waals surface area contributed by atoms with E-state index < -0.39 is 11.6 Å². The van der Waals surface area contributed by atoms with Crippen LogP contribution in [0.2, 0.25) is 0 Å². The van der Waals surface area contributed by atoms with Gasteiger partial charge in [0.15, 0.2) is 0 Å². The molecule has 3 atom stereocenters. The van der Waals surface area contributed by atoms with E-state index in [0.717, 1.165) is 31.3 Å². The van der Waals surface area contributed by atoms with Crippen molar-refractivity contribution < 1.29 is 13.6 Å². The first kappa shape index (κ1) is 14.4. The average molecular weight is 317 g/mol. The van der Waals surface area contributed by atoms with Gasteiger partial charge in [0.25, 0.3) is 0 Å². The molecule has 0 unspecified atom stereocenters. The third kappa shape index (κ3) is 2.73. The number of rotatable bonds is 3. The Kier molecular flexibility index (Phi) is 3.39. The zero-order valence-corrected chi connectivity index (χ0v) is 12.5. The maximum absolute atomic E-state index is 13.8. The number of hydrogen-bond acceptors (Lipinski definition) is 2. The number of carbonyl (C=O) groups excluding carboxylic acids is 1. The van der Waals surface area contributed by atoms with Crippen molar-refractivity contribution in [3.63, 3.8) is 0 Å². The molecule has 0 bridgehead atoms. The fourth-order valence-electron chi connectivity index (χ4n) is 3.42. The molecule has 2 aliphatic rings. The minimum Gasteiger partial charge on any atom is -0.351 e. The van der Waals surface area contributed by atoms with Crippen molar-refractivity contribution in [2.75, 3.05) is 0 Å². The van der Waals surface area contributed by atoms with Crippen LogP contribution in [0.5, 0.6) is 0 Å². The van der Waals surface area contributed by atoms with Crippen LogP contribution in [0.4, 0.5) is 8.78 Å². The number of imidazole rings is 1. The van der Waals surface area contributed by atoms with Gasteiger partial charge in [-0.2, -0.15) is 0 Å². The van der Waals surface area contributed by atoms with E-state index in [-0.39, 0.29) is 23.8 Å². The van der Waals surface area contributed by atoms with Gasteiger partial charge in [-0.3, -0.25) is 4.79 Å². The van der Waals surface area contributed by atoms with E-state index in [2.05, 4.69) is 14.9 Å². The molecule has 1 amide bonds. The van der Waals surface area contributed by atoms with Crippen molar-refractivity contribution in [3.8, 4) is 0 Å². The molecule has 1 aromatic heterocycles. The van der Waals surface area contributed by atoms with Crippen molar-refractivity contribution in [1.82, 2.24) is 14.9 Å². The van der Waals surface area contributed by atoms with Gasteiger partial charge in [-0.15, -0.1) is 0 Å². The summed E-state index contributed by atoms with van der Waals surface area (Å²) in [6, 6.07) is 3.65. The molecular formula is C17H17F2N3O. The number of halogens is 2. The lowest BCUT2D eigenvalue weighted by molar-refractivity contribution is -0.123. The van der Waals surface area contributed by atoms with Crippen LogP contribution >= 0.6 is 0 Å². The Bertz CT molecular complexity index is 758. The number of aryl methyl sites for hydroxylation is 1. The van der Waals surface area contributed by atoms with Gasteiger partial charge >= 0.3 is 0 Å². The number of benzene rings is 1. The van der Waals surface area contributed by atoms with Gasteiger partial charge in [-0.25, -0.2) is 13.8 Å². The van der Waals surface area contributed by atoms with Crippen LogP contribution in [0.15, 0.2) is 30.6 Å². The van der Waals surface area contributed by atoms with Crippen molar-refractivity contribution in [1.29, 1.82) is 0 Å². The number of aromatic nitrogens is 2. The molecule has 4 rings (SSSR count). The minimum absolute atomic E-state index is 0.0349. The first-order valence-corrected chi connectivity index (χ1v) is 7.87. The van der Waals surface area contributed by atoms with Crippen molar-refractivity contribution in [2.45, 2.75) is 37.8 Å². The van der Waals surface area contributed by atoms with Crippen molar-refractivity contribution in [2.24, 2.45) is 5.92 Å². The van der Waals surface area contributed by atoms with Crippen LogP contribution in [-0.4, -0.2) is 21.5 Å². The van der Waals surface area contributed by atoms with E-state index in [0.29, 0.717) is 12.0 Å². The molecule has 1 aliphatic carbocycles. The van der Waals surface area contributed by atoms with E-state index in [1.165, 1.54) is 12.1 Å². The largest absolute Gasteiger partial charge is 0.351 e. The molecule has 1 fully saturated rings. The average Bonchev–Trinajstić information content (AvgIpc) is 3.17. The van der Waals surface area contributed by atoms with Crippen molar-refractivity contribution >= 4 is 5.91 Å².